The van der Waals surface area contributed by atoms with E-state index >= 15 is 0 Å². The van der Waals surface area contributed by atoms with Crippen molar-refractivity contribution in [3.63, 3.8) is 0 Å². The van der Waals surface area contributed by atoms with Gasteiger partial charge in [0, 0.05) is 76.3 Å². The Morgan fingerprint density at radius 2 is 1.51 bits per heavy atom. The van der Waals surface area contributed by atoms with Crippen LogP contribution in [0.15, 0.2) is 90.1 Å². The average Bonchev–Trinajstić information content (AvgIpc) is 3.08. The van der Waals surface area contributed by atoms with E-state index in [2.05, 4.69) is 56.1 Å². The highest BCUT2D eigenvalue weighted by atomic mass is 35.5. The first-order chi connectivity index (χ1) is 22.1. The molecule has 4 aromatic rings. The number of anilines is 2. The van der Waals surface area contributed by atoms with Crippen LogP contribution in [0.4, 0.5) is 11.5 Å². The van der Waals surface area contributed by atoms with Crippen LogP contribution in [0.3, 0.4) is 0 Å². The normalized spacial score (nSPS) is 15.7. The molecule has 0 spiro atoms. The number of hydrogen-bond acceptors (Lipinski definition) is 8. The summed E-state index contributed by atoms with van der Waals surface area (Å²) < 4.78 is 5.82. The molecule has 1 amide bonds. The molecular weight excluding hydrogens is 604 g/mol. The van der Waals surface area contributed by atoms with Crippen molar-refractivity contribution in [2.24, 2.45) is 0 Å². The van der Waals surface area contributed by atoms with E-state index in [1.807, 2.05) is 60.4 Å². The van der Waals surface area contributed by atoms with Crippen molar-refractivity contribution in [3.8, 4) is 5.75 Å². The van der Waals surface area contributed by atoms with E-state index in [0.717, 1.165) is 68.6 Å². The molecule has 6 rings (SSSR count). The van der Waals surface area contributed by atoms with E-state index < -0.39 is 0 Å². The van der Waals surface area contributed by atoms with Gasteiger partial charge in [0.1, 0.15) is 16.7 Å². The molecule has 1 aromatic heterocycles. The number of carbonyl (C=O) groups excluding carboxylic acids is 1. The maximum absolute atomic E-state index is 13.5. The molecule has 8 nitrogen and oxygen atoms in total. The molecule has 45 heavy (non-hydrogen) atoms. The summed E-state index contributed by atoms with van der Waals surface area (Å²) in [7, 11) is 0. The van der Waals surface area contributed by atoms with Crippen LogP contribution < -0.4 is 14.5 Å². The smallest absolute Gasteiger partial charge is 0.253 e. The number of benzene rings is 3. The zero-order valence-corrected chi connectivity index (χ0v) is 27.2. The minimum absolute atomic E-state index is 0.0623. The molecule has 0 unspecified atom stereocenters. The largest absolute Gasteiger partial charge is 0.492 e. The molecule has 3 heterocycles. The number of rotatable bonds is 10. The summed E-state index contributed by atoms with van der Waals surface area (Å²) in [4.78, 5) is 31.8. The number of thioether (sulfide) groups is 1. The van der Waals surface area contributed by atoms with Crippen molar-refractivity contribution < 1.29 is 9.53 Å². The van der Waals surface area contributed by atoms with Crippen LogP contribution in [0.2, 0.25) is 5.15 Å². The first-order valence-corrected chi connectivity index (χ1v) is 17.0. The van der Waals surface area contributed by atoms with Gasteiger partial charge in [-0.25, -0.2) is 9.97 Å². The average molecular weight is 643 g/mol. The number of para-hydroxylation sites is 2. The van der Waals surface area contributed by atoms with Gasteiger partial charge in [-0.1, -0.05) is 78.0 Å². The van der Waals surface area contributed by atoms with Gasteiger partial charge in [0.25, 0.3) is 5.91 Å². The highest BCUT2D eigenvalue weighted by Gasteiger charge is 2.24. The minimum Gasteiger partial charge on any atom is -0.492 e. The van der Waals surface area contributed by atoms with Crippen molar-refractivity contribution in [2.75, 3.05) is 68.8 Å². The second kappa shape index (κ2) is 15.0. The molecule has 0 N–H and O–H groups in total. The van der Waals surface area contributed by atoms with E-state index in [1.54, 1.807) is 11.8 Å². The van der Waals surface area contributed by atoms with Crippen LogP contribution in [0.1, 0.15) is 28.4 Å². The zero-order valence-electron chi connectivity index (χ0n) is 25.6. The van der Waals surface area contributed by atoms with Crippen molar-refractivity contribution in [1.82, 2.24) is 19.8 Å². The second-order valence-electron chi connectivity index (χ2n) is 11.2. The topological polar surface area (TPSA) is 65.0 Å². The fourth-order valence-electron chi connectivity index (χ4n) is 5.86. The van der Waals surface area contributed by atoms with Crippen molar-refractivity contribution in [1.29, 1.82) is 0 Å². The molecule has 2 saturated heterocycles. The summed E-state index contributed by atoms with van der Waals surface area (Å²) in [6, 6.07) is 28.5. The summed E-state index contributed by atoms with van der Waals surface area (Å²) in [6.45, 7) is 10.2. The number of halogens is 1. The molecule has 0 atom stereocenters. The molecule has 0 saturated carbocycles. The molecule has 3 aromatic carbocycles. The van der Waals surface area contributed by atoms with Gasteiger partial charge in [-0.3, -0.25) is 9.69 Å². The van der Waals surface area contributed by atoms with Crippen molar-refractivity contribution in [3.05, 3.63) is 107 Å². The van der Waals surface area contributed by atoms with E-state index in [1.165, 1.54) is 5.56 Å². The zero-order chi connectivity index (χ0) is 31.0. The van der Waals surface area contributed by atoms with Gasteiger partial charge in [-0.05, 0) is 42.3 Å². The van der Waals surface area contributed by atoms with E-state index in [-0.39, 0.29) is 5.91 Å². The maximum Gasteiger partial charge on any atom is 0.253 e. The lowest BCUT2D eigenvalue weighted by molar-refractivity contribution is 0.0746. The summed E-state index contributed by atoms with van der Waals surface area (Å²) in [5, 5.41) is 1.09. The summed E-state index contributed by atoms with van der Waals surface area (Å²) >= 11 is 7.99. The van der Waals surface area contributed by atoms with Crippen molar-refractivity contribution in [2.45, 2.75) is 24.4 Å². The quantitative estimate of drug-likeness (QED) is 0.117. The van der Waals surface area contributed by atoms with E-state index in [4.69, 9.17) is 21.3 Å². The summed E-state index contributed by atoms with van der Waals surface area (Å²) in [5.74, 6) is 2.46. The standard InChI is InChI=1S/C35H39ClN6O2S/c1-2-44-31-14-7-6-13-30(31)40-19-21-42(22-20-40)34(43)29-12-8-11-28(23-29)26-45-35-37-32(36)24-33(38-35)41-17-15-39(16-18-41)25-27-9-4-3-5-10-27/h3-14,23-24H,2,15-22,25-26H2,1H3. The monoisotopic (exact) mass is 642 g/mol. The molecule has 2 aliphatic rings. The van der Waals surface area contributed by atoms with Gasteiger partial charge in [0.15, 0.2) is 5.16 Å². The number of aromatic nitrogens is 2. The van der Waals surface area contributed by atoms with Crippen LogP contribution in [-0.4, -0.2) is 84.6 Å². The number of piperazine rings is 2. The van der Waals surface area contributed by atoms with Gasteiger partial charge < -0.3 is 19.4 Å². The Morgan fingerprint density at radius 1 is 0.800 bits per heavy atom. The molecule has 10 heteroatoms. The minimum atomic E-state index is 0.0623. The lowest BCUT2D eigenvalue weighted by Gasteiger charge is -2.36. The summed E-state index contributed by atoms with van der Waals surface area (Å²) in [5.41, 5.74) is 4.18. The summed E-state index contributed by atoms with van der Waals surface area (Å²) in [6.07, 6.45) is 0. The van der Waals surface area contributed by atoms with E-state index in [0.29, 0.717) is 41.3 Å². The lowest BCUT2D eigenvalue weighted by atomic mass is 10.1. The second-order valence-corrected chi connectivity index (χ2v) is 12.6. The Labute approximate surface area is 275 Å². The Morgan fingerprint density at radius 3 is 2.29 bits per heavy atom. The predicted molar refractivity (Wildman–Crippen MR) is 183 cm³/mol. The SMILES string of the molecule is CCOc1ccccc1N1CCN(C(=O)c2cccc(CSc3nc(Cl)cc(N4CCN(Cc5ccccc5)CC4)n3)c2)CC1. The molecule has 0 aliphatic carbocycles. The number of hydrogen-bond donors (Lipinski definition) is 0. The van der Waals surface area contributed by atoms with Crippen LogP contribution in [0.5, 0.6) is 5.75 Å². The van der Waals surface area contributed by atoms with Crippen LogP contribution in [0, 0.1) is 0 Å². The van der Waals surface area contributed by atoms with E-state index in [9.17, 15) is 4.79 Å². The highest BCUT2D eigenvalue weighted by molar-refractivity contribution is 7.98. The fraction of sp³-hybridized carbons (Fsp3) is 0.343. The van der Waals surface area contributed by atoms with Gasteiger partial charge in [-0.15, -0.1) is 0 Å². The van der Waals surface area contributed by atoms with Gasteiger partial charge in [0.2, 0.25) is 0 Å². The Kier molecular flexibility index (Phi) is 10.4. The van der Waals surface area contributed by atoms with Gasteiger partial charge >= 0.3 is 0 Å². The van der Waals surface area contributed by atoms with Crippen LogP contribution in [-0.2, 0) is 12.3 Å². The molecule has 2 fully saturated rings. The third-order valence-corrected chi connectivity index (χ3v) is 9.33. The highest BCUT2D eigenvalue weighted by Crippen LogP contribution is 2.30. The van der Waals surface area contributed by atoms with Gasteiger partial charge in [-0.2, -0.15) is 0 Å². The maximum atomic E-state index is 13.5. The predicted octanol–water partition coefficient (Wildman–Crippen LogP) is 6.11. The molecular formula is C35H39ClN6O2S. The molecule has 0 radical (unpaired) electrons. The van der Waals surface area contributed by atoms with Gasteiger partial charge in [0.05, 0.1) is 12.3 Å². The first-order valence-electron chi connectivity index (χ1n) is 15.6. The first kappa shape index (κ1) is 31.2. The van der Waals surface area contributed by atoms with Crippen molar-refractivity contribution >= 4 is 40.8 Å². The fourth-order valence-corrected chi connectivity index (χ4v) is 6.88. The Hall–Kier alpha value is -3.79. The Bertz CT molecular complexity index is 1580. The third-order valence-electron chi connectivity index (χ3n) is 8.22. The van der Waals surface area contributed by atoms with Crippen LogP contribution in [0.25, 0.3) is 0 Å². The molecule has 0 bridgehead atoms. The third kappa shape index (κ3) is 8.09. The number of amides is 1. The molecule has 2 aliphatic heterocycles. The number of ether oxygens (including phenoxy) is 1. The lowest BCUT2D eigenvalue weighted by Crippen LogP contribution is -2.48. The van der Waals surface area contributed by atoms with Crippen LogP contribution >= 0.6 is 23.4 Å². The number of carbonyl (C=O) groups is 1. The number of nitrogens with zero attached hydrogens (tertiary/aromatic N) is 6. The Balaban J connectivity index is 1.02. The molecule has 234 valence electrons.